The van der Waals surface area contributed by atoms with Crippen molar-refractivity contribution in [2.75, 3.05) is 11.4 Å². The molecule has 1 saturated heterocycles. The van der Waals surface area contributed by atoms with Gasteiger partial charge >= 0.3 is 0 Å². The van der Waals surface area contributed by atoms with Crippen molar-refractivity contribution in [2.24, 2.45) is 0 Å². The van der Waals surface area contributed by atoms with Gasteiger partial charge in [-0.25, -0.2) is 0 Å². The third kappa shape index (κ3) is 4.47. The molecule has 2 amide bonds. The van der Waals surface area contributed by atoms with Gasteiger partial charge in [-0.15, -0.1) is 11.8 Å². The zero-order valence-corrected chi connectivity index (χ0v) is 16.0. The smallest absolute Gasteiger partial charge is 0.252 e. The molecule has 0 radical (unpaired) electrons. The predicted molar refractivity (Wildman–Crippen MR) is 107 cm³/mol. The number of benzene rings is 2. The summed E-state index contributed by atoms with van der Waals surface area (Å²) in [5.74, 6) is 0.123. The summed E-state index contributed by atoms with van der Waals surface area (Å²) in [6.45, 7) is 5.49. The minimum Gasteiger partial charge on any atom is -0.348 e. The average Bonchev–Trinajstić information content (AvgIpc) is 3.06. The van der Waals surface area contributed by atoms with Gasteiger partial charge in [0.05, 0.1) is 5.56 Å². The predicted octanol–water partition coefficient (Wildman–Crippen LogP) is 4.24. The first-order valence-corrected chi connectivity index (χ1v) is 9.86. The highest BCUT2D eigenvalue weighted by Crippen LogP contribution is 2.26. The third-order valence-electron chi connectivity index (χ3n) is 4.27. The molecule has 5 heteroatoms. The second-order valence-corrected chi connectivity index (χ2v) is 8.28. The van der Waals surface area contributed by atoms with Gasteiger partial charge in [0, 0.05) is 35.3 Å². The molecular formula is C21H24N2O2S. The molecule has 1 N–H and O–H groups in total. The van der Waals surface area contributed by atoms with Gasteiger partial charge in [0.25, 0.3) is 5.91 Å². The van der Waals surface area contributed by atoms with Crippen LogP contribution in [0, 0.1) is 0 Å². The Morgan fingerprint density at radius 3 is 2.54 bits per heavy atom. The normalized spacial score (nSPS) is 14.1. The van der Waals surface area contributed by atoms with Crippen LogP contribution in [0.2, 0.25) is 0 Å². The summed E-state index contributed by atoms with van der Waals surface area (Å²) in [4.78, 5) is 27.2. The second kappa shape index (κ2) is 8.41. The van der Waals surface area contributed by atoms with E-state index in [-0.39, 0.29) is 11.8 Å². The van der Waals surface area contributed by atoms with Gasteiger partial charge in [-0.1, -0.05) is 38.1 Å². The molecule has 4 nitrogen and oxygen atoms in total. The summed E-state index contributed by atoms with van der Waals surface area (Å²) in [5.41, 5.74) is 2.66. The van der Waals surface area contributed by atoms with Crippen molar-refractivity contribution < 1.29 is 9.59 Å². The van der Waals surface area contributed by atoms with Crippen LogP contribution >= 0.6 is 11.8 Å². The van der Waals surface area contributed by atoms with Crippen LogP contribution in [0.1, 0.15) is 42.6 Å². The molecule has 2 aromatic carbocycles. The minimum absolute atomic E-state index is 0.0625. The topological polar surface area (TPSA) is 49.4 Å². The number of amides is 2. The van der Waals surface area contributed by atoms with Crippen molar-refractivity contribution in [1.29, 1.82) is 0 Å². The number of nitrogens with zero attached hydrogens (tertiary/aromatic N) is 1. The summed E-state index contributed by atoms with van der Waals surface area (Å²) in [6.07, 6.45) is 1.55. The lowest BCUT2D eigenvalue weighted by atomic mass is 10.1. The molecule has 3 rings (SSSR count). The first kappa shape index (κ1) is 18.5. The lowest BCUT2D eigenvalue weighted by Gasteiger charge is -2.16. The summed E-state index contributed by atoms with van der Waals surface area (Å²) < 4.78 is 0. The van der Waals surface area contributed by atoms with Crippen molar-refractivity contribution in [2.45, 2.75) is 43.4 Å². The lowest BCUT2D eigenvalue weighted by molar-refractivity contribution is -0.117. The molecule has 0 aromatic heterocycles. The van der Waals surface area contributed by atoms with Crippen molar-refractivity contribution in [1.82, 2.24) is 5.32 Å². The molecule has 0 bridgehead atoms. The molecule has 1 fully saturated rings. The van der Waals surface area contributed by atoms with Crippen LogP contribution in [-0.2, 0) is 11.3 Å². The quantitative estimate of drug-likeness (QED) is 0.776. The van der Waals surface area contributed by atoms with Crippen LogP contribution in [0.4, 0.5) is 5.69 Å². The molecule has 0 saturated carbocycles. The molecule has 0 unspecified atom stereocenters. The molecular weight excluding hydrogens is 344 g/mol. The maximum absolute atomic E-state index is 12.6. The van der Waals surface area contributed by atoms with Crippen molar-refractivity contribution in [3.8, 4) is 0 Å². The maximum atomic E-state index is 12.6. The number of rotatable bonds is 6. The van der Waals surface area contributed by atoms with Crippen molar-refractivity contribution in [3.05, 3.63) is 59.7 Å². The van der Waals surface area contributed by atoms with Crippen LogP contribution < -0.4 is 10.2 Å². The number of carbonyl (C=O) groups excluding carboxylic acids is 2. The van der Waals surface area contributed by atoms with Gasteiger partial charge in [0.1, 0.15) is 0 Å². The van der Waals surface area contributed by atoms with Crippen LogP contribution in [0.5, 0.6) is 0 Å². The fourth-order valence-electron chi connectivity index (χ4n) is 3.00. The Kier molecular flexibility index (Phi) is 5.99. The number of thioether (sulfide) groups is 1. The fourth-order valence-corrected chi connectivity index (χ4v) is 3.96. The zero-order chi connectivity index (χ0) is 18.5. The number of hydrogen-bond donors (Lipinski definition) is 1. The number of hydrogen-bond acceptors (Lipinski definition) is 3. The number of carbonyl (C=O) groups is 2. The van der Waals surface area contributed by atoms with Crippen LogP contribution in [-0.4, -0.2) is 23.6 Å². The molecule has 1 heterocycles. The van der Waals surface area contributed by atoms with E-state index in [4.69, 9.17) is 0 Å². The summed E-state index contributed by atoms with van der Waals surface area (Å²) >= 11 is 1.69. The monoisotopic (exact) mass is 368 g/mol. The second-order valence-electron chi connectivity index (χ2n) is 6.66. The van der Waals surface area contributed by atoms with Gasteiger partial charge in [0.15, 0.2) is 0 Å². The lowest BCUT2D eigenvalue weighted by Crippen LogP contribution is -2.24. The van der Waals surface area contributed by atoms with E-state index in [1.54, 1.807) is 11.8 Å². The van der Waals surface area contributed by atoms with E-state index in [0.29, 0.717) is 23.8 Å². The summed E-state index contributed by atoms with van der Waals surface area (Å²) in [5, 5.41) is 3.41. The highest BCUT2D eigenvalue weighted by atomic mass is 32.2. The van der Waals surface area contributed by atoms with Gasteiger partial charge in [-0.2, -0.15) is 0 Å². The van der Waals surface area contributed by atoms with E-state index in [1.807, 2.05) is 53.4 Å². The Balaban J connectivity index is 1.62. The highest BCUT2D eigenvalue weighted by molar-refractivity contribution is 8.00. The molecule has 1 aliphatic rings. The molecule has 1 aliphatic heterocycles. The first-order valence-electron chi connectivity index (χ1n) is 8.98. The van der Waals surface area contributed by atoms with Crippen LogP contribution in [0.3, 0.4) is 0 Å². The molecule has 136 valence electrons. The van der Waals surface area contributed by atoms with Gasteiger partial charge in [-0.05, 0) is 36.2 Å². The first-order chi connectivity index (χ1) is 12.5. The maximum Gasteiger partial charge on any atom is 0.252 e. The summed E-state index contributed by atoms with van der Waals surface area (Å²) in [7, 11) is 0. The van der Waals surface area contributed by atoms with E-state index in [9.17, 15) is 9.59 Å². The number of anilines is 1. The SMILES string of the molecule is CC(C)Sc1ccccc1C(=O)NCc1ccc(N2CCCC2=O)cc1. The third-order valence-corrected chi connectivity index (χ3v) is 5.35. The fraction of sp³-hybridized carbons (Fsp3) is 0.333. The average molecular weight is 369 g/mol. The highest BCUT2D eigenvalue weighted by Gasteiger charge is 2.21. The Hall–Kier alpha value is -2.27. The van der Waals surface area contributed by atoms with Crippen LogP contribution in [0.25, 0.3) is 0 Å². The Bertz CT molecular complexity index is 787. The van der Waals surface area contributed by atoms with E-state index < -0.39 is 0 Å². The van der Waals surface area contributed by atoms with E-state index in [0.717, 1.165) is 29.1 Å². The molecule has 0 aliphatic carbocycles. The number of nitrogens with one attached hydrogen (secondary N) is 1. The van der Waals surface area contributed by atoms with Crippen molar-refractivity contribution >= 4 is 29.3 Å². The van der Waals surface area contributed by atoms with Gasteiger partial charge in [0.2, 0.25) is 5.91 Å². The summed E-state index contributed by atoms with van der Waals surface area (Å²) in [6, 6.07) is 15.5. The zero-order valence-electron chi connectivity index (χ0n) is 15.2. The van der Waals surface area contributed by atoms with E-state index in [1.165, 1.54) is 0 Å². The van der Waals surface area contributed by atoms with Gasteiger partial charge < -0.3 is 10.2 Å². The Morgan fingerprint density at radius 1 is 1.15 bits per heavy atom. The molecule has 0 spiro atoms. The molecule has 0 atom stereocenters. The van der Waals surface area contributed by atoms with Crippen molar-refractivity contribution in [3.63, 3.8) is 0 Å². The van der Waals surface area contributed by atoms with E-state index >= 15 is 0 Å². The molecule has 2 aromatic rings. The molecule has 26 heavy (non-hydrogen) atoms. The van der Waals surface area contributed by atoms with Gasteiger partial charge in [-0.3, -0.25) is 9.59 Å². The Morgan fingerprint density at radius 2 is 1.88 bits per heavy atom. The Labute approximate surface area is 159 Å². The largest absolute Gasteiger partial charge is 0.348 e. The van der Waals surface area contributed by atoms with E-state index in [2.05, 4.69) is 19.2 Å². The standard InChI is InChI=1S/C21H24N2O2S/c1-15(2)26-19-7-4-3-6-18(19)21(25)22-14-16-9-11-17(12-10-16)23-13-5-8-20(23)24/h3-4,6-7,9-12,15H,5,8,13-14H2,1-2H3,(H,22,25). The minimum atomic E-state index is -0.0625. The van der Waals surface area contributed by atoms with Crippen LogP contribution in [0.15, 0.2) is 53.4 Å².